The number of thiophene rings is 2. The maximum Gasteiger partial charge on any atom is 0.339 e. The van der Waals surface area contributed by atoms with Gasteiger partial charge in [0.25, 0.3) is 0 Å². The third kappa shape index (κ3) is 9.70. The number of amides is 3. The molecule has 7 rings (SSSR count). The van der Waals surface area contributed by atoms with Gasteiger partial charge in [0.2, 0.25) is 5.91 Å². The van der Waals surface area contributed by atoms with Crippen molar-refractivity contribution >= 4 is 79.8 Å². The Labute approximate surface area is 331 Å². The minimum absolute atomic E-state index is 0.102. The number of halogens is 2. The van der Waals surface area contributed by atoms with Gasteiger partial charge >= 0.3 is 18.0 Å². The van der Waals surface area contributed by atoms with Gasteiger partial charge in [0.15, 0.2) is 0 Å². The Kier molecular flexibility index (Phi) is 13.1. The molecule has 3 amide bonds. The van der Waals surface area contributed by atoms with E-state index in [2.05, 4.69) is 28.1 Å². The average Bonchev–Trinajstić information content (AvgIpc) is 3.90. The van der Waals surface area contributed by atoms with Gasteiger partial charge in [-0.15, -0.1) is 22.7 Å². The number of rotatable bonds is 10. The molecule has 0 radical (unpaired) electrons. The number of hydrogen-bond acceptors (Lipinski definition) is 6. The summed E-state index contributed by atoms with van der Waals surface area (Å²) in [5.41, 5.74) is 5.40. The minimum Gasteiger partial charge on any atom is -0.478 e. The summed E-state index contributed by atoms with van der Waals surface area (Å²) in [7, 11) is 0. The maximum atomic E-state index is 12.6. The van der Waals surface area contributed by atoms with Crippen LogP contribution in [0.25, 0.3) is 22.3 Å². The first kappa shape index (κ1) is 39.0. The fraction of sp³-hybridized carbons (Fsp3) is 0.268. The van der Waals surface area contributed by atoms with Crippen LogP contribution in [0.5, 0.6) is 0 Å². The van der Waals surface area contributed by atoms with Gasteiger partial charge in [0.1, 0.15) is 21.1 Å². The summed E-state index contributed by atoms with van der Waals surface area (Å²) < 4.78 is 0. The second-order valence-corrected chi connectivity index (χ2v) is 16.0. The lowest BCUT2D eigenvalue weighted by atomic mass is 9.89. The van der Waals surface area contributed by atoms with Crippen molar-refractivity contribution in [3.05, 3.63) is 116 Å². The summed E-state index contributed by atoms with van der Waals surface area (Å²) in [6.45, 7) is 0.629. The molecule has 2 aliphatic rings. The monoisotopic (exact) mass is 803 g/mol. The number of anilines is 2. The molecule has 2 aliphatic carbocycles. The number of aromatic carboxylic acids is 2. The Morgan fingerprint density at radius 1 is 0.685 bits per heavy atom. The molecule has 9 nitrogen and oxygen atoms in total. The Balaban J connectivity index is 0.000000185. The Bertz CT molecular complexity index is 2130. The van der Waals surface area contributed by atoms with Crippen LogP contribution in [0.15, 0.2) is 83.6 Å². The van der Waals surface area contributed by atoms with Crippen LogP contribution in [-0.2, 0) is 11.2 Å². The third-order valence-corrected chi connectivity index (χ3v) is 12.1. The highest BCUT2D eigenvalue weighted by Crippen LogP contribution is 2.39. The molecule has 1 saturated carbocycles. The summed E-state index contributed by atoms with van der Waals surface area (Å²) in [6, 6.07) is 21.8. The molecule has 1 atom stereocenters. The fourth-order valence-electron chi connectivity index (χ4n) is 7.04. The lowest BCUT2D eigenvalue weighted by Crippen LogP contribution is -2.33. The first-order valence-corrected chi connectivity index (χ1v) is 20.2. The fourth-order valence-corrected chi connectivity index (χ4v) is 9.23. The van der Waals surface area contributed by atoms with Gasteiger partial charge in [-0.25, -0.2) is 14.4 Å². The number of hydrogen-bond donors (Lipinski definition) is 5. The summed E-state index contributed by atoms with van der Waals surface area (Å²) in [5, 5.41) is 33.1. The molecule has 5 N–H and O–H groups in total. The van der Waals surface area contributed by atoms with Gasteiger partial charge in [0.05, 0.1) is 0 Å². The molecule has 13 heteroatoms. The van der Waals surface area contributed by atoms with Crippen LogP contribution in [0.1, 0.15) is 82.7 Å². The zero-order valence-corrected chi connectivity index (χ0v) is 32.3. The number of nitrogens with one attached hydrogen (secondary N) is 3. The standard InChI is InChI=1S/C22H18ClNO3S.C19H21ClN2O3S/c23-16-9-7-14(8-10-16)18-12-28-21(20(18)22(26)27)24-19(25)11-15-6-5-13-3-1-2-4-17(13)15;20-14-8-6-13(7-9-14)15-11-26-17(16(15)18(23)24)22-19(25)21-10-12-4-2-1-3-5-12/h1-4,7-10,12,15H,5-6,11H2,(H,24,25)(H,26,27);6-9,11-12H,1-5,10H2,(H,23,24)(H2,21,22,25). The van der Waals surface area contributed by atoms with Crippen LogP contribution >= 0.6 is 45.9 Å². The zero-order chi connectivity index (χ0) is 38.2. The first-order valence-electron chi connectivity index (χ1n) is 17.7. The van der Waals surface area contributed by atoms with Crippen molar-refractivity contribution in [2.45, 2.75) is 57.3 Å². The predicted molar refractivity (Wildman–Crippen MR) is 218 cm³/mol. The van der Waals surface area contributed by atoms with E-state index in [0.717, 1.165) is 36.8 Å². The van der Waals surface area contributed by atoms with Crippen molar-refractivity contribution in [1.82, 2.24) is 5.32 Å². The average molecular weight is 805 g/mol. The molecular weight excluding hydrogens is 766 g/mol. The molecule has 280 valence electrons. The predicted octanol–water partition coefficient (Wildman–Crippen LogP) is 11.3. The number of carbonyl (C=O) groups is 4. The van der Waals surface area contributed by atoms with Crippen LogP contribution in [-0.4, -0.2) is 40.6 Å². The first-order chi connectivity index (χ1) is 26.1. The van der Waals surface area contributed by atoms with E-state index in [1.807, 2.05) is 12.1 Å². The van der Waals surface area contributed by atoms with E-state index < -0.39 is 11.9 Å². The highest BCUT2D eigenvalue weighted by Gasteiger charge is 2.27. The molecule has 0 spiro atoms. The largest absolute Gasteiger partial charge is 0.478 e. The number of carbonyl (C=O) groups excluding carboxylic acids is 2. The number of fused-ring (bicyclic) bond motifs is 1. The van der Waals surface area contributed by atoms with Gasteiger partial charge in [-0.2, -0.15) is 0 Å². The van der Waals surface area contributed by atoms with Crippen LogP contribution in [0, 0.1) is 5.92 Å². The van der Waals surface area contributed by atoms with Crippen molar-refractivity contribution in [2.75, 3.05) is 17.2 Å². The van der Waals surface area contributed by atoms with Crippen molar-refractivity contribution in [3.8, 4) is 22.3 Å². The molecule has 3 aromatic carbocycles. The second-order valence-electron chi connectivity index (χ2n) is 13.4. The molecule has 0 bridgehead atoms. The molecule has 1 unspecified atom stereocenters. The van der Waals surface area contributed by atoms with E-state index in [-0.39, 0.29) is 29.0 Å². The van der Waals surface area contributed by atoms with E-state index in [1.54, 1.807) is 59.3 Å². The molecule has 0 saturated heterocycles. The zero-order valence-electron chi connectivity index (χ0n) is 29.2. The molecule has 1 fully saturated rings. The SMILES string of the molecule is O=C(CC1CCc2ccccc21)Nc1scc(-c2ccc(Cl)cc2)c1C(=O)O.O=C(NCC1CCCCC1)Nc1scc(-c2ccc(Cl)cc2)c1C(=O)O. The second kappa shape index (κ2) is 18.1. The summed E-state index contributed by atoms with van der Waals surface area (Å²) >= 11 is 14.3. The summed E-state index contributed by atoms with van der Waals surface area (Å²) in [5.74, 6) is -1.60. The minimum atomic E-state index is -1.07. The van der Waals surface area contributed by atoms with Gasteiger partial charge in [-0.05, 0) is 84.0 Å². The smallest absolute Gasteiger partial charge is 0.339 e. The molecule has 54 heavy (non-hydrogen) atoms. The van der Waals surface area contributed by atoms with E-state index in [4.69, 9.17) is 23.2 Å². The van der Waals surface area contributed by atoms with Gasteiger partial charge in [-0.1, -0.05) is 91.0 Å². The van der Waals surface area contributed by atoms with E-state index in [0.29, 0.717) is 50.1 Å². The van der Waals surface area contributed by atoms with Gasteiger partial charge in [-0.3, -0.25) is 10.1 Å². The Hall–Kier alpha value is -4.68. The number of carboxylic acid groups (broad SMARTS) is 2. The third-order valence-electron chi connectivity index (χ3n) is 9.77. The Morgan fingerprint density at radius 3 is 1.78 bits per heavy atom. The lowest BCUT2D eigenvalue weighted by molar-refractivity contribution is -0.116. The number of carboxylic acids is 2. The van der Waals surface area contributed by atoms with Crippen LogP contribution in [0.3, 0.4) is 0 Å². The van der Waals surface area contributed by atoms with Gasteiger partial charge < -0.3 is 20.8 Å². The van der Waals surface area contributed by atoms with Crippen molar-refractivity contribution in [1.29, 1.82) is 0 Å². The molecular formula is C41H39Cl2N3O6S2. The molecule has 0 aliphatic heterocycles. The quantitative estimate of drug-likeness (QED) is 0.0950. The van der Waals surface area contributed by atoms with Gasteiger partial charge in [0, 0.05) is 44.9 Å². The highest BCUT2D eigenvalue weighted by molar-refractivity contribution is 7.15. The van der Waals surface area contributed by atoms with E-state index in [9.17, 15) is 29.4 Å². The van der Waals surface area contributed by atoms with E-state index >= 15 is 0 Å². The summed E-state index contributed by atoms with van der Waals surface area (Å²) in [4.78, 5) is 48.4. The van der Waals surface area contributed by atoms with E-state index in [1.165, 1.54) is 53.1 Å². The van der Waals surface area contributed by atoms with Crippen LogP contribution in [0.4, 0.5) is 14.8 Å². The maximum absolute atomic E-state index is 12.6. The molecule has 2 heterocycles. The van der Waals surface area contributed by atoms with Crippen molar-refractivity contribution < 1.29 is 29.4 Å². The topological polar surface area (TPSA) is 145 Å². The molecule has 2 aromatic heterocycles. The van der Waals surface area contributed by atoms with Crippen molar-refractivity contribution in [3.63, 3.8) is 0 Å². The number of aryl methyl sites for hydroxylation is 1. The van der Waals surface area contributed by atoms with Crippen LogP contribution in [0.2, 0.25) is 10.0 Å². The highest BCUT2D eigenvalue weighted by atomic mass is 35.5. The summed E-state index contributed by atoms with van der Waals surface area (Å²) in [6.07, 6.45) is 8.25. The number of urea groups is 1. The van der Waals surface area contributed by atoms with Crippen LogP contribution < -0.4 is 16.0 Å². The lowest BCUT2D eigenvalue weighted by Gasteiger charge is -2.21. The Morgan fingerprint density at radius 2 is 1.22 bits per heavy atom. The molecule has 5 aromatic rings. The number of benzene rings is 3. The normalized spacial score (nSPS) is 15.0. The van der Waals surface area contributed by atoms with Crippen molar-refractivity contribution in [2.24, 2.45) is 5.92 Å².